The SMILES string of the molecule is CN[C@@H](Cc1cn(C(=O)[C@@H]2CCC(=O)N2)cn1)C(=O)N1CCC[C@H]1C(=O)OC. The van der Waals surface area contributed by atoms with Crippen LogP contribution < -0.4 is 10.6 Å². The number of carbonyl (C=O) groups excluding carboxylic acids is 4. The van der Waals surface area contributed by atoms with Crippen molar-refractivity contribution in [1.82, 2.24) is 25.1 Å². The fraction of sp³-hybridized carbons (Fsp3) is 0.611. The quantitative estimate of drug-likeness (QED) is 0.602. The van der Waals surface area contributed by atoms with Crippen LogP contribution in [-0.2, 0) is 25.5 Å². The summed E-state index contributed by atoms with van der Waals surface area (Å²) in [5.74, 6) is -0.985. The van der Waals surface area contributed by atoms with Gasteiger partial charge in [-0.1, -0.05) is 0 Å². The van der Waals surface area contributed by atoms with Gasteiger partial charge >= 0.3 is 5.97 Å². The van der Waals surface area contributed by atoms with Crippen LogP contribution in [0, 0.1) is 0 Å². The lowest BCUT2D eigenvalue weighted by Gasteiger charge is -2.27. The Bertz CT molecular complexity index is 776. The molecule has 2 saturated heterocycles. The van der Waals surface area contributed by atoms with Crippen molar-refractivity contribution in [3.8, 4) is 0 Å². The zero-order valence-electron chi connectivity index (χ0n) is 16.0. The Balaban J connectivity index is 1.65. The van der Waals surface area contributed by atoms with Crippen LogP contribution in [0.4, 0.5) is 0 Å². The number of amides is 2. The van der Waals surface area contributed by atoms with Crippen molar-refractivity contribution in [1.29, 1.82) is 0 Å². The summed E-state index contributed by atoms with van der Waals surface area (Å²) < 4.78 is 6.14. The van der Waals surface area contributed by atoms with Crippen LogP contribution in [0.15, 0.2) is 12.5 Å². The Kier molecular flexibility index (Phi) is 6.08. The van der Waals surface area contributed by atoms with Gasteiger partial charge in [0.05, 0.1) is 18.8 Å². The van der Waals surface area contributed by atoms with E-state index in [0.29, 0.717) is 31.5 Å². The molecule has 152 valence electrons. The average molecular weight is 391 g/mol. The van der Waals surface area contributed by atoms with E-state index in [9.17, 15) is 19.2 Å². The molecule has 3 heterocycles. The molecule has 1 aromatic heterocycles. The molecular formula is C18H25N5O5. The topological polar surface area (TPSA) is 123 Å². The number of likely N-dealkylation sites (tertiary alicyclic amines) is 1. The number of nitrogens with zero attached hydrogens (tertiary/aromatic N) is 3. The summed E-state index contributed by atoms with van der Waals surface area (Å²) in [6, 6.07) is -1.67. The number of methoxy groups -OCH3 is 1. The minimum absolute atomic E-state index is 0.134. The summed E-state index contributed by atoms with van der Waals surface area (Å²) in [5.41, 5.74) is 0.569. The first-order valence-corrected chi connectivity index (χ1v) is 9.36. The van der Waals surface area contributed by atoms with Gasteiger partial charge in [-0.05, 0) is 26.3 Å². The van der Waals surface area contributed by atoms with Gasteiger partial charge in [0.15, 0.2) is 0 Å². The van der Waals surface area contributed by atoms with Gasteiger partial charge in [-0.2, -0.15) is 0 Å². The summed E-state index contributed by atoms with van der Waals surface area (Å²) in [6.45, 7) is 0.505. The Labute approximate surface area is 162 Å². The summed E-state index contributed by atoms with van der Waals surface area (Å²) in [7, 11) is 2.98. The molecule has 0 unspecified atom stereocenters. The van der Waals surface area contributed by atoms with Crippen LogP contribution in [0.5, 0.6) is 0 Å². The van der Waals surface area contributed by atoms with E-state index in [2.05, 4.69) is 15.6 Å². The van der Waals surface area contributed by atoms with Gasteiger partial charge in [0.1, 0.15) is 18.4 Å². The Morgan fingerprint density at radius 3 is 2.82 bits per heavy atom. The maximum Gasteiger partial charge on any atom is 0.328 e. The predicted octanol–water partition coefficient (Wildman–Crippen LogP) is -0.904. The molecule has 10 heteroatoms. The number of likely N-dealkylation sites (N-methyl/N-ethyl adjacent to an activating group) is 1. The first-order valence-electron chi connectivity index (χ1n) is 9.36. The van der Waals surface area contributed by atoms with Crippen LogP contribution >= 0.6 is 0 Å². The van der Waals surface area contributed by atoms with Crippen LogP contribution in [0.3, 0.4) is 0 Å². The lowest BCUT2D eigenvalue weighted by atomic mass is 10.1. The fourth-order valence-corrected chi connectivity index (χ4v) is 3.70. The van der Waals surface area contributed by atoms with Crippen LogP contribution in [0.25, 0.3) is 0 Å². The highest BCUT2D eigenvalue weighted by Gasteiger charge is 2.37. The zero-order chi connectivity index (χ0) is 20.3. The molecule has 0 saturated carbocycles. The highest BCUT2D eigenvalue weighted by molar-refractivity contribution is 5.92. The largest absolute Gasteiger partial charge is 0.467 e. The molecule has 2 fully saturated rings. The second-order valence-corrected chi connectivity index (χ2v) is 7.03. The highest BCUT2D eigenvalue weighted by atomic mass is 16.5. The molecule has 0 radical (unpaired) electrons. The maximum atomic E-state index is 12.9. The molecule has 10 nitrogen and oxygen atoms in total. The average Bonchev–Trinajstić information content (AvgIpc) is 3.44. The number of esters is 1. The monoisotopic (exact) mass is 391 g/mol. The number of aromatic nitrogens is 2. The van der Waals surface area contributed by atoms with Crippen molar-refractivity contribution < 1.29 is 23.9 Å². The van der Waals surface area contributed by atoms with Gasteiger partial charge in [0, 0.05) is 25.6 Å². The van der Waals surface area contributed by atoms with Crippen molar-refractivity contribution >= 4 is 23.7 Å². The van der Waals surface area contributed by atoms with E-state index in [0.717, 1.165) is 6.42 Å². The minimum atomic E-state index is -0.574. The lowest BCUT2D eigenvalue weighted by molar-refractivity contribution is -0.151. The number of carbonyl (C=O) groups is 4. The Morgan fingerprint density at radius 1 is 1.39 bits per heavy atom. The number of ether oxygens (including phenoxy) is 1. The first kappa shape index (κ1) is 20.0. The summed E-state index contributed by atoms with van der Waals surface area (Å²) in [5, 5.41) is 5.61. The zero-order valence-corrected chi connectivity index (χ0v) is 16.0. The van der Waals surface area contributed by atoms with Crippen LogP contribution in [0.2, 0.25) is 0 Å². The smallest absolute Gasteiger partial charge is 0.328 e. The molecule has 0 aliphatic carbocycles. The number of rotatable bonds is 6. The van der Waals surface area contributed by atoms with Gasteiger partial charge in [-0.25, -0.2) is 9.78 Å². The van der Waals surface area contributed by atoms with E-state index in [4.69, 9.17) is 4.74 Å². The number of hydrogen-bond donors (Lipinski definition) is 2. The van der Waals surface area contributed by atoms with Crippen molar-refractivity contribution in [3.05, 3.63) is 18.2 Å². The molecule has 28 heavy (non-hydrogen) atoms. The maximum absolute atomic E-state index is 12.9. The summed E-state index contributed by atoms with van der Waals surface area (Å²) in [6.07, 6.45) is 5.39. The number of imidazole rings is 1. The third kappa shape index (κ3) is 4.06. The molecule has 1 aromatic rings. The normalized spacial score (nSPS) is 22.8. The van der Waals surface area contributed by atoms with E-state index >= 15 is 0 Å². The predicted molar refractivity (Wildman–Crippen MR) is 97.3 cm³/mol. The minimum Gasteiger partial charge on any atom is -0.467 e. The van der Waals surface area contributed by atoms with Gasteiger partial charge in [0.25, 0.3) is 5.91 Å². The van der Waals surface area contributed by atoms with Crippen molar-refractivity contribution in [3.63, 3.8) is 0 Å². The Hall–Kier alpha value is -2.75. The van der Waals surface area contributed by atoms with Crippen LogP contribution in [0.1, 0.15) is 36.2 Å². The van der Waals surface area contributed by atoms with Gasteiger partial charge in [-0.3, -0.25) is 19.0 Å². The number of hydrogen-bond acceptors (Lipinski definition) is 7. The second kappa shape index (κ2) is 8.51. The third-order valence-electron chi connectivity index (χ3n) is 5.25. The summed E-state index contributed by atoms with van der Waals surface area (Å²) in [4.78, 5) is 54.3. The molecular weight excluding hydrogens is 366 g/mol. The van der Waals surface area contributed by atoms with E-state index in [1.807, 2.05) is 0 Å². The van der Waals surface area contributed by atoms with E-state index < -0.39 is 24.1 Å². The molecule has 2 N–H and O–H groups in total. The van der Waals surface area contributed by atoms with Gasteiger partial charge < -0.3 is 20.3 Å². The first-order chi connectivity index (χ1) is 13.4. The second-order valence-electron chi connectivity index (χ2n) is 7.03. The summed E-state index contributed by atoms with van der Waals surface area (Å²) >= 11 is 0. The third-order valence-corrected chi connectivity index (χ3v) is 5.25. The molecule has 3 rings (SSSR count). The lowest BCUT2D eigenvalue weighted by Crippen LogP contribution is -2.50. The highest BCUT2D eigenvalue weighted by Crippen LogP contribution is 2.20. The molecule has 0 aromatic carbocycles. The van der Waals surface area contributed by atoms with Crippen molar-refractivity contribution in [2.75, 3.05) is 20.7 Å². The molecule has 2 amide bonds. The van der Waals surface area contributed by atoms with E-state index in [1.54, 1.807) is 18.1 Å². The van der Waals surface area contributed by atoms with E-state index in [1.165, 1.54) is 18.0 Å². The van der Waals surface area contributed by atoms with Gasteiger partial charge in [0.2, 0.25) is 11.8 Å². The molecule has 2 aliphatic heterocycles. The molecule has 2 aliphatic rings. The molecule has 0 spiro atoms. The fourth-order valence-electron chi connectivity index (χ4n) is 3.70. The molecule has 0 bridgehead atoms. The van der Waals surface area contributed by atoms with Gasteiger partial charge in [-0.15, -0.1) is 0 Å². The Morgan fingerprint density at radius 2 is 2.18 bits per heavy atom. The number of nitrogens with one attached hydrogen (secondary N) is 2. The van der Waals surface area contributed by atoms with E-state index in [-0.39, 0.29) is 24.1 Å². The van der Waals surface area contributed by atoms with Crippen molar-refractivity contribution in [2.24, 2.45) is 0 Å². The standard InChI is InChI=1S/C18H25N5O5/c1-19-13(17(26)23-7-3-4-14(23)18(27)28-2)8-11-9-22(10-20-11)16(25)12-5-6-15(24)21-12/h9-10,12-14,19H,3-8H2,1-2H3,(H,21,24)/t12-,13-,14-/m0/s1. The van der Waals surface area contributed by atoms with Crippen LogP contribution in [-0.4, -0.2) is 77.0 Å². The molecule has 3 atom stereocenters. The van der Waals surface area contributed by atoms with Crippen molar-refractivity contribution in [2.45, 2.75) is 50.2 Å².